The summed E-state index contributed by atoms with van der Waals surface area (Å²) in [5.74, 6) is 0.321. The largest absolute Gasteiger partial charge is 0.508 e. The van der Waals surface area contributed by atoms with Gasteiger partial charge in [0.1, 0.15) is 17.2 Å². The highest BCUT2D eigenvalue weighted by atomic mass is 16.5. The maximum Gasteiger partial charge on any atom is 0.343 e. The first kappa shape index (κ1) is 15.6. The van der Waals surface area contributed by atoms with Crippen molar-refractivity contribution in [1.82, 2.24) is 0 Å². The predicted octanol–water partition coefficient (Wildman–Crippen LogP) is 4.29. The van der Waals surface area contributed by atoms with Gasteiger partial charge >= 0.3 is 5.97 Å². The molecule has 0 atom stereocenters. The van der Waals surface area contributed by atoms with Crippen LogP contribution in [0.2, 0.25) is 0 Å². The lowest BCUT2D eigenvalue weighted by Gasteiger charge is -2.07. The molecule has 0 aliphatic rings. The number of benzene rings is 3. The Morgan fingerprint density at radius 1 is 0.833 bits per heavy atom. The maximum absolute atomic E-state index is 12.1. The van der Waals surface area contributed by atoms with Crippen molar-refractivity contribution in [1.29, 1.82) is 0 Å². The van der Waals surface area contributed by atoms with Crippen molar-refractivity contribution < 1.29 is 19.7 Å². The van der Waals surface area contributed by atoms with Gasteiger partial charge in [0, 0.05) is 0 Å². The van der Waals surface area contributed by atoms with E-state index in [0.717, 1.165) is 11.1 Å². The Balaban J connectivity index is 1.75. The van der Waals surface area contributed by atoms with Gasteiger partial charge in [-0.15, -0.1) is 0 Å². The van der Waals surface area contributed by atoms with Gasteiger partial charge in [0.2, 0.25) is 0 Å². The summed E-state index contributed by atoms with van der Waals surface area (Å²) in [7, 11) is 0. The summed E-state index contributed by atoms with van der Waals surface area (Å²) >= 11 is 0. The first-order valence-corrected chi connectivity index (χ1v) is 7.44. The van der Waals surface area contributed by atoms with E-state index in [1.165, 1.54) is 12.1 Å². The van der Waals surface area contributed by atoms with Gasteiger partial charge in [-0.1, -0.05) is 24.3 Å². The third-order valence-corrected chi connectivity index (χ3v) is 3.70. The number of rotatable bonds is 3. The molecule has 120 valence electrons. The lowest BCUT2D eigenvalue weighted by Crippen LogP contribution is -2.08. The summed E-state index contributed by atoms with van der Waals surface area (Å²) in [6.07, 6.45) is 0. The zero-order chi connectivity index (χ0) is 17.1. The van der Waals surface area contributed by atoms with Gasteiger partial charge in [0.05, 0.1) is 5.56 Å². The Hall–Kier alpha value is -3.27. The fourth-order valence-electron chi connectivity index (χ4n) is 2.32. The molecule has 0 fully saturated rings. The number of phenols is 2. The molecule has 24 heavy (non-hydrogen) atoms. The van der Waals surface area contributed by atoms with E-state index in [0.29, 0.717) is 16.9 Å². The number of phenolic OH excluding ortho intramolecular Hbond substituents is 2. The van der Waals surface area contributed by atoms with Gasteiger partial charge in [0.25, 0.3) is 0 Å². The average Bonchev–Trinajstić information content (AvgIpc) is 2.59. The second kappa shape index (κ2) is 6.46. The minimum absolute atomic E-state index is 0.143. The number of esters is 1. The first-order valence-electron chi connectivity index (χ1n) is 7.44. The summed E-state index contributed by atoms with van der Waals surface area (Å²) in [5.41, 5.74) is 2.91. The highest BCUT2D eigenvalue weighted by Gasteiger charge is 2.10. The lowest BCUT2D eigenvalue weighted by atomic mass is 10.1. The van der Waals surface area contributed by atoms with Crippen LogP contribution in [0.25, 0.3) is 11.1 Å². The van der Waals surface area contributed by atoms with Crippen LogP contribution in [0.4, 0.5) is 0 Å². The van der Waals surface area contributed by atoms with Gasteiger partial charge in [-0.2, -0.15) is 0 Å². The molecule has 0 saturated heterocycles. The number of carbonyl (C=O) groups excluding carboxylic acids is 1. The molecular weight excluding hydrogens is 304 g/mol. The third kappa shape index (κ3) is 3.38. The zero-order valence-electron chi connectivity index (χ0n) is 13.1. The van der Waals surface area contributed by atoms with Gasteiger partial charge in [-0.05, 0) is 66.1 Å². The van der Waals surface area contributed by atoms with Crippen LogP contribution in [-0.2, 0) is 0 Å². The van der Waals surface area contributed by atoms with Crippen LogP contribution in [0.3, 0.4) is 0 Å². The number of aryl methyl sites for hydroxylation is 1. The second-order valence-corrected chi connectivity index (χ2v) is 5.46. The molecule has 4 nitrogen and oxygen atoms in total. The molecule has 0 aliphatic carbocycles. The van der Waals surface area contributed by atoms with Crippen molar-refractivity contribution in [2.24, 2.45) is 0 Å². The highest BCUT2D eigenvalue weighted by molar-refractivity contribution is 5.91. The lowest BCUT2D eigenvalue weighted by molar-refractivity contribution is 0.0734. The van der Waals surface area contributed by atoms with Crippen LogP contribution in [-0.4, -0.2) is 16.2 Å². The Morgan fingerprint density at radius 2 is 1.42 bits per heavy atom. The molecule has 0 bridgehead atoms. The minimum Gasteiger partial charge on any atom is -0.508 e. The number of hydrogen-bond donors (Lipinski definition) is 2. The molecule has 3 rings (SSSR count). The zero-order valence-corrected chi connectivity index (χ0v) is 13.1. The molecule has 0 spiro atoms. The van der Waals surface area contributed by atoms with Crippen LogP contribution < -0.4 is 4.74 Å². The van der Waals surface area contributed by atoms with E-state index in [-0.39, 0.29) is 11.5 Å². The molecule has 0 unspecified atom stereocenters. The molecule has 2 N–H and O–H groups in total. The molecule has 3 aromatic rings. The smallest absolute Gasteiger partial charge is 0.343 e. The molecular formula is C20H16O4. The molecule has 0 saturated carbocycles. The van der Waals surface area contributed by atoms with Crippen molar-refractivity contribution in [3.05, 3.63) is 77.9 Å². The Kier molecular flexibility index (Phi) is 4.20. The number of ether oxygens (including phenoxy) is 1. The van der Waals surface area contributed by atoms with E-state index in [4.69, 9.17) is 4.74 Å². The fraction of sp³-hybridized carbons (Fsp3) is 0.0500. The van der Waals surface area contributed by atoms with Gasteiger partial charge in [-0.3, -0.25) is 0 Å². The molecule has 3 aromatic carbocycles. The molecule has 0 heterocycles. The van der Waals surface area contributed by atoms with Crippen molar-refractivity contribution >= 4 is 5.97 Å². The van der Waals surface area contributed by atoms with Gasteiger partial charge in [0.15, 0.2) is 0 Å². The van der Waals surface area contributed by atoms with Crippen LogP contribution >= 0.6 is 0 Å². The van der Waals surface area contributed by atoms with Crippen molar-refractivity contribution in [3.8, 4) is 28.4 Å². The third-order valence-electron chi connectivity index (χ3n) is 3.70. The number of aromatic hydroxyl groups is 2. The summed E-state index contributed by atoms with van der Waals surface area (Å²) in [4.78, 5) is 12.1. The molecule has 0 aliphatic heterocycles. The molecule has 4 heteroatoms. The number of carbonyl (C=O) groups is 1. The summed E-state index contributed by atoms with van der Waals surface area (Å²) < 4.78 is 5.34. The normalized spacial score (nSPS) is 10.4. The standard InChI is InChI=1S/C20H16O4/c1-13-12-16(6-11-19(13)22)20(23)24-18-9-4-15(5-10-18)14-2-7-17(21)8-3-14/h2-12,21-22H,1H3. The van der Waals surface area contributed by atoms with Crippen molar-refractivity contribution in [2.75, 3.05) is 0 Å². The molecule has 0 radical (unpaired) electrons. The summed E-state index contributed by atoms with van der Waals surface area (Å²) in [6.45, 7) is 1.72. The van der Waals surface area contributed by atoms with Crippen LogP contribution in [0.1, 0.15) is 15.9 Å². The highest BCUT2D eigenvalue weighted by Crippen LogP contribution is 2.25. The van der Waals surface area contributed by atoms with E-state index in [9.17, 15) is 15.0 Å². The first-order chi connectivity index (χ1) is 11.5. The quantitative estimate of drug-likeness (QED) is 0.558. The maximum atomic E-state index is 12.1. The van der Waals surface area contributed by atoms with Crippen molar-refractivity contribution in [3.63, 3.8) is 0 Å². The van der Waals surface area contributed by atoms with Gasteiger partial charge in [-0.25, -0.2) is 4.79 Å². The summed E-state index contributed by atoms with van der Waals surface area (Å²) in [5, 5.41) is 18.8. The average molecular weight is 320 g/mol. The van der Waals surface area contributed by atoms with Crippen molar-refractivity contribution in [2.45, 2.75) is 6.92 Å². The predicted molar refractivity (Wildman–Crippen MR) is 91.3 cm³/mol. The topological polar surface area (TPSA) is 66.8 Å². The van der Waals surface area contributed by atoms with Gasteiger partial charge < -0.3 is 14.9 Å². The van der Waals surface area contributed by atoms with E-state index in [1.54, 1.807) is 37.3 Å². The van der Waals surface area contributed by atoms with Crippen LogP contribution in [0.15, 0.2) is 66.7 Å². The summed E-state index contributed by atoms with van der Waals surface area (Å²) in [6, 6.07) is 18.6. The number of hydrogen-bond acceptors (Lipinski definition) is 4. The monoisotopic (exact) mass is 320 g/mol. The Bertz CT molecular complexity index is 865. The minimum atomic E-state index is -0.476. The van der Waals surface area contributed by atoms with E-state index < -0.39 is 5.97 Å². The van der Waals surface area contributed by atoms with Crippen LogP contribution in [0.5, 0.6) is 17.2 Å². The van der Waals surface area contributed by atoms with E-state index in [1.807, 2.05) is 24.3 Å². The SMILES string of the molecule is Cc1cc(C(=O)Oc2ccc(-c3ccc(O)cc3)cc2)ccc1O. The Morgan fingerprint density at radius 3 is 2.00 bits per heavy atom. The second-order valence-electron chi connectivity index (χ2n) is 5.46. The van der Waals surface area contributed by atoms with E-state index in [2.05, 4.69) is 0 Å². The fourth-order valence-corrected chi connectivity index (χ4v) is 2.32. The molecule has 0 aromatic heterocycles. The van der Waals surface area contributed by atoms with E-state index >= 15 is 0 Å². The Labute approximate surface area is 139 Å². The van der Waals surface area contributed by atoms with Crippen LogP contribution in [0, 0.1) is 6.92 Å². The molecule has 0 amide bonds.